The van der Waals surface area contributed by atoms with Crippen molar-refractivity contribution in [1.82, 2.24) is 15.1 Å². The Hall–Kier alpha value is -3.08. The predicted molar refractivity (Wildman–Crippen MR) is 106 cm³/mol. The number of carbonyl (C=O) groups excluding carboxylic acids is 1. The van der Waals surface area contributed by atoms with E-state index >= 15 is 0 Å². The van der Waals surface area contributed by atoms with Crippen molar-refractivity contribution in [3.8, 4) is 11.4 Å². The van der Waals surface area contributed by atoms with E-state index in [1.54, 1.807) is 7.11 Å². The highest BCUT2D eigenvalue weighted by Crippen LogP contribution is 2.20. The van der Waals surface area contributed by atoms with Gasteiger partial charge in [-0.05, 0) is 44.0 Å². The Morgan fingerprint density at radius 1 is 1.07 bits per heavy atom. The second-order valence-electron chi connectivity index (χ2n) is 6.49. The minimum Gasteiger partial charge on any atom is -0.496 e. The maximum Gasteiger partial charge on any atom is 0.220 e. The number of hydrogen-bond donors (Lipinski definition) is 1. The van der Waals surface area contributed by atoms with Crippen LogP contribution in [0.25, 0.3) is 5.69 Å². The van der Waals surface area contributed by atoms with Crippen molar-refractivity contribution in [2.75, 3.05) is 7.11 Å². The normalized spacial score (nSPS) is 10.6. The molecule has 0 bridgehead atoms. The minimum atomic E-state index is 0.0205. The summed E-state index contributed by atoms with van der Waals surface area (Å²) in [6.45, 7) is 4.51. The molecule has 0 saturated carbocycles. The number of rotatable bonds is 7. The van der Waals surface area contributed by atoms with Crippen molar-refractivity contribution in [1.29, 1.82) is 0 Å². The molecular weight excluding hydrogens is 338 g/mol. The Bertz CT molecular complexity index is 917. The number of aromatic nitrogens is 2. The zero-order valence-electron chi connectivity index (χ0n) is 16.0. The number of aryl methyl sites for hydroxylation is 1. The van der Waals surface area contributed by atoms with Crippen LogP contribution in [0, 0.1) is 13.8 Å². The first-order chi connectivity index (χ1) is 13.1. The van der Waals surface area contributed by atoms with Crippen LogP contribution in [0.2, 0.25) is 0 Å². The van der Waals surface area contributed by atoms with Crippen molar-refractivity contribution in [3.05, 3.63) is 77.1 Å². The third kappa shape index (κ3) is 4.37. The molecule has 0 unspecified atom stereocenters. The van der Waals surface area contributed by atoms with E-state index < -0.39 is 0 Å². The van der Waals surface area contributed by atoms with Gasteiger partial charge >= 0.3 is 0 Å². The number of benzene rings is 2. The molecule has 0 radical (unpaired) electrons. The lowest BCUT2D eigenvalue weighted by atomic mass is 10.1. The topological polar surface area (TPSA) is 56.1 Å². The zero-order valence-corrected chi connectivity index (χ0v) is 16.0. The van der Waals surface area contributed by atoms with E-state index in [0.717, 1.165) is 34.0 Å². The first kappa shape index (κ1) is 18.7. The van der Waals surface area contributed by atoms with E-state index in [-0.39, 0.29) is 5.91 Å². The molecule has 5 heteroatoms. The molecule has 1 aromatic heterocycles. The highest BCUT2D eigenvalue weighted by Gasteiger charge is 2.14. The van der Waals surface area contributed by atoms with Crippen molar-refractivity contribution < 1.29 is 9.53 Å². The quantitative estimate of drug-likeness (QED) is 0.696. The molecular formula is C22H25N3O2. The van der Waals surface area contributed by atoms with Gasteiger partial charge in [0, 0.05) is 24.2 Å². The summed E-state index contributed by atoms with van der Waals surface area (Å²) in [5, 5.41) is 7.62. The molecule has 3 rings (SSSR count). The number of methoxy groups -OCH3 is 1. The van der Waals surface area contributed by atoms with Crippen LogP contribution in [0.5, 0.6) is 5.75 Å². The smallest absolute Gasteiger partial charge is 0.220 e. The number of ether oxygens (including phenoxy) is 1. The maximum atomic E-state index is 12.3. The Balaban J connectivity index is 1.62. The predicted octanol–water partition coefficient (Wildman–Crippen LogP) is 3.75. The Morgan fingerprint density at radius 3 is 2.52 bits per heavy atom. The van der Waals surface area contributed by atoms with Gasteiger partial charge in [-0.2, -0.15) is 5.10 Å². The molecule has 1 amide bonds. The summed E-state index contributed by atoms with van der Waals surface area (Å²) < 4.78 is 7.26. The van der Waals surface area contributed by atoms with Gasteiger partial charge in [0.1, 0.15) is 5.75 Å². The molecule has 3 aromatic rings. The van der Waals surface area contributed by atoms with E-state index in [1.165, 1.54) is 0 Å². The van der Waals surface area contributed by atoms with E-state index in [1.807, 2.05) is 66.2 Å². The van der Waals surface area contributed by atoms with Gasteiger partial charge in [-0.1, -0.05) is 36.4 Å². The second kappa shape index (κ2) is 8.54. The lowest BCUT2D eigenvalue weighted by Gasteiger charge is -2.10. The summed E-state index contributed by atoms with van der Waals surface area (Å²) in [6.07, 6.45) is 1.10. The van der Waals surface area contributed by atoms with Gasteiger partial charge in [0.2, 0.25) is 5.91 Å². The van der Waals surface area contributed by atoms with Crippen LogP contribution in [0.1, 0.15) is 28.9 Å². The average molecular weight is 363 g/mol. The fraction of sp³-hybridized carbons (Fsp3) is 0.273. The van der Waals surface area contributed by atoms with E-state index in [4.69, 9.17) is 4.74 Å². The van der Waals surface area contributed by atoms with Crippen molar-refractivity contribution in [2.45, 2.75) is 33.2 Å². The largest absolute Gasteiger partial charge is 0.496 e. The molecule has 2 aromatic carbocycles. The van der Waals surface area contributed by atoms with Gasteiger partial charge < -0.3 is 10.1 Å². The first-order valence-corrected chi connectivity index (χ1v) is 9.09. The zero-order chi connectivity index (χ0) is 19.2. The number of amides is 1. The van der Waals surface area contributed by atoms with Gasteiger partial charge in [0.15, 0.2) is 0 Å². The molecule has 0 fully saturated rings. The van der Waals surface area contributed by atoms with Crippen LogP contribution in [-0.4, -0.2) is 22.8 Å². The van der Waals surface area contributed by atoms with E-state index in [0.29, 0.717) is 19.4 Å². The van der Waals surface area contributed by atoms with E-state index in [2.05, 4.69) is 17.3 Å². The third-order valence-corrected chi connectivity index (χ3v) is 4.71. The molecule has 1 heterocycles. The summed E-state index contributed by atoms with van der Waals surface area (Å²) in [6, 6.07) is 17.8. The van der Waals surface area contributed by atoms with Crippen LogP contribution in [0.3, 0.4) is 0 Å². The molecule has 140 valence electrons. The number of para-hydroxylation sites is 2. The van der Waals surface area contributed by atoms with Crippen LogP contribution >= 0.6 is 0 Å². The van der Waals surface area contributed by atoms with Gasteiger partial charge in [-0.3, -0.25) is 4.79 Å². The molecule has 1 N–H and O–H groups in total. The number of carbonyl (C=O) groups is 1. The lowest BCUT2D eigenvalue weighted by molar-refractivity contribution is -0.121. The SMILES string of the molecule is COc1ccccc1CNC(=O)CCc1c(C)nn(-c2ccccc2)c1C. The standard InChI is InChI=1S/C22H25N3O2/c1-16-20(17(2)25(24-16)19-10-5-4-6-11-19)13-14-22(26)23-15-18-9-7-8-12-21(18)27-3/h4-12H,13-15H2,1-3H3,(H,23,26). The van der Waals surface area contributed by atoms with Crippen molar-refractivity contribution >= 4 is 5.91 Å². The maximum absolute atomic E-state index is 12.3. The molecule has 0 aliphatic rings. The number of nitrogens with one attached hydrogen (secondary N) is 1. The van der Waals surface area contributed by atoms with Crippen molar-refractivity contribution in [3.63, 3.8) is 0 Å². The summed E-state index contributed by atoms with van der Waals surface area (Å²) in [5.74, 6) is 0.806. The molecule has 5 nitrogen and oxygen atoms in total. The first-order valence-electron chi connectivity index (χ1n) is 9.09. The monoisotopic (exact) mass is 363 g/mol. The Morgan fingerprint density at radius 2 is 1.78 bits per heavy atom. The molecule has 0 aliphatic carbocycles. The Labute approximate surface area is 160 Å². The van der Waals surface area contributed by atoms with Crippen LogP contribution in [0.15, 0.2) is 54.6 Å². The molecule has 0 saturated heterocycles. The van der Waals surface area contributed by atoms with Gasteiger partial charge in [0.25, 0.3) is 0 Å². The fourth-order valence-corrected chi connectivity index (χ4v) is 3.23. The highest BCUT2D eigenvalue weighted by molar-refractivity contribution is 5.76. The fourth-order valence-electron chi connectivity index (χ4n) is 3.23. The molecule has 0 atom stereocenters. The van der Waals surface area contributed by atoms with Gasteiger partial charge in [-0.25, -0.2) is 4.68 Å². The van der Waals surface area contributed by atoms with Crippen LogP contribution in [-0.2, 0) is 17.8 Å². The van der Waals surface area contributed by atoms with E-state index in [9.17, 15) is 4.79 Å². The van der Waals surface area contributed by atoms with Crippen LogP contribution in [0.4, 0.5) is 0 Å². The average Bonchev–Trinajstić information content (AvgIpc) is 2.99. The highest BCUT2D eigenvalue weighted by atomic mass is 16.5. The summed E-state index contributed by atoms with van der Waals surface area (Å²) in [7, 11) is 1.64. The molecule has 27 heavy (non-hydrogen) atoms. The number of nitrogens with zero attached hydrogens (tertiary/aromatic N) is 2. The minimum absolute atomic E-state index is 0.0205. The van der Waals surface area contributed by atoms with Crippen molar-refractivity contribution in [2.24, 2.45) is 0 Å². The summed E-state index contributed by atoms with van der Waals surface area (Å²) >= 11 is 0. The lowest BCUT2D eigenvalue weighted by Crippen LogP contribution is -2.23. The summed E-state index contributed by atoms with van der Waals surface area (Å²) in [4.78, 5) is 12.3. The second-order valence-corrected chi connectivity index (χ2v) is 6.49. The van der Waals surface area contributed by atoms with Crippen LogP contribution < -0.4 is 10.1 Å². The molecule has 0 aliphatic heterocycles. The summed E-state index contributed by atoms with van der Waals surface area (Å²) in [5.41, 5.74) is 5.18. The molecule has 0 spiro atoms. The Kier molecular flexibility index (Phi) is 5.91. The number of hydrogen-bond acceptors (Lipinski definition) is 3. The van der Waals surface area contributed by atoms with Gasteiger partial charge in [0.05, 0.1) is 18.5 Å². The third-order valence-electron chi connectivity index (χ3n) is 4.71. The van der Waals surface area contributed by atoms with Gasteiger partial charge in [-0.15, -0.1) is 0 Å².